The summed E-state index contributed by atoms with van der Waals surface area (Å²) in [5.41, 5.74) is 4.78. The number of para-hydroxylation sites is 2. The highest BCUT2D eigenvalue weighted by molar-refractivity contribution is 6.05. The number of hydrogen-bond donors (Lipinski definition) is 0. The zero-order chi connectivity index (χ0) is 27.5. The molecule has 0 aliphatic carbocycles. The second kappa shape index (κ2) is 11.4. The van der Waals surface area contributed by atoms with E-state index in [4.69, 9.17) is 9.72 Å². The van der Waals surface area contributed by atoms with Crippen molar-refractivity contribution in [3.8, 4) is 0 Å². The molecule has 1 aromatic heterocycles. The van der Waals surface area contributed by atoms with Gasteiger partial charge in [0.05, 0.1) is 16.8 Å². The van der Waals surface area contributed by atoms with E-state index < -0.39 is 5.97 Å². The third-order valence-electron chi connectivity index (χ3n) is 7.73. The zero-order valence-corrected chi connectivity index (χ0v) is 22.3. The molecule has 40 heavy (non-hydrogen) atoms. The van der Waals surface area contributed by atoms with Crippen molar-refractivity contribution in [1.29, 1.82) is 0 Å². The van der Waals surface area contributed by atoms with Crippen molar-refractivity contribution < 1.29 is 18.7 Å². The predicted octanol–water partition coefficient (Wildman–Crippen LogP) is 4.44. The first-order chi connectivity index (χ1) is 19.6. The highest BCUT2D eigenvalue weighted by Crippen LogP contribution is 2.29. The largest absolute Gasteiger partial charge is 0.452 e. The van der Waals surface area contributed by atoms with Gasteiger partial charge in [0.25, 0.3) is 5.91 Å². The third kappa shape index (κ3) is 5.40. The Balaban J connectivity index is 1.15. The summed E-state index contributed by atoms with van der Waals surface area (Å²) in [7, 11) is 0. The molecule has 8 heteroatoms. The second-order valence-corrected chi connectivity index (χ2v) is 10.3. The van der Waals surface area contributed by atoms with E-state index in [1.807, 2.05) is 47.4 Å². The van der Waals surface area contributed by atoms with E-state index in [1.165, 1.54) is 11.6 Å². The number of carbonyl (C=O) groups excluding carboxylic acids is 2. The van der Waals surface area contributed by atoms with E-state index >= 15 is 0 Å². The number of piperazine rings is 1. The summed E-state index contributed by atoms with van der Waals surface area (Å²) in [5, 5.41) is 0.735. The van der Waals surface area contributed by atoms with E-state index in [1.54, 1.807) is 23.1 Å². The molecule has 0 saturated carbocycles. The zero-order valence-electron chi connectivity index (χ0n) is 22.3. The van der Waals surface area contributed by atoms with Gasteiger partial charge in [-0.1, -0.05) is 60.7 Å². The van der Waals surface area contributed by atoms with Crippen molar-refractivity contribution in [2.45, 2.75) is 19.5 Å². The average Bonchev–Trinajstić information content (AvgIpc) is 2.99. The molecule has 6 rings (SSSR count). The number of halogens is 1. The maximum Gasteiger partial charge on any atom is 0.339 e. The van der Waals surface area contributed by atoms with Gasteiger partial charge in [-0.15, -0.1) is 0 Å². The van der Waals surface area contributed by atoms with Crippen molar-refractivity contribution in [2.75, 3.05) is 44.2 Å². The fourth-order valence-electron chi connectivity index (χ4n) is 5.65. The van der Waals surface area contributed by atoms with Gasteiger partial charge in [-0.05, 0) is 23.8 Å². The van der Waals surface area contributed by atoms with Gasteiger partial charge in [0.2, 0.25) is 0 Å². The topological polar surface area (TPSA) is 66.0 Å². The number of nitrogens with zero attached hydrogens (tertiary/aromatic N) is 4. The molecule has 1 fully saturated rings. The molecule has 204 valence electrons. The summed E-state index contributed by atoms with van der Waals surface area (Å²) in [5.74, 6) is -1.03. The number of anilines is 1. The van der Waals surface area contributed by atoms with E-state index in [2.05, 4.69) is 17.0 Å². The number of amides is 1. The van der Waals surface area contributed by atoms with Crippen LogP contribution in [0.4, 0.5) is 10.1 Å². The first-order valence-electron chi connectivity index (χ1n) is 13.7. The van der Waals surface area contributed by atoms with E-state index in [9.17, 15) is 14.0 Å². The van der Waals surface area contributed by atoms with Crippen LogP contribution in [0.2, 0.25) is 0 Å². The van der Waals surface area contributed by atoms with Gasteiger partial charge in [0.15, 0.2) is 6.61 Å². The number of fused-ring (bicyclic) bond motifs is 2. The SMILES string of the molecule is O=C(OCC(=O)N1CCN(c2ccccc2F)CC1)c1c2c(nc3ccccc13)CCN(Cc1ccccc1)C2. The van der Waals surface area contributed by atoms with Crippen LogP contribution in [0.15, 0.2) is 78.9 Å². The van der Waals surface area contributed by atoms with Crippen LogP contribution in [0.3, 0.4) is 0 Å². The molecule has 0 N–H and O–H groups in total. The van der Waals surface area contributed by atoms with Gasteiger partial charge in [-0.2, -0.15) is 0 Å². The molecule has 0 atom stereocenters. The smallest absolute Gasteiger partial charge is 0.339 e. The molecule has 7 nitrogen and oxygen atoms in total. The van der Waals surface area contributed by atoms with Gasteiger partial charge in [-0.3, -0.25) is 14.7 Å². The normalized spacial score (nSPS) is 15.6. The van der Waals surface area contributed by atoms with Crippen LogP contribution >= 0.6 is 0 Å². The minimum Gasteiger partial charge on any atom is -0.452 e. The Labute approximate surface area is 232 Å². The molecule has 4 aromatic rings. The molecule has 2 aliphatic rings. The highest BCUT2D eigenvalue weighted by Gasteiger charge is 2.28. The van der Waals surface area contributed by atoms with Crippen molar-refractivity contribution in [3.05, 3.63) is 107 Å². The minimum atomic E-state index is -0.505. The number of aromatic nitrogens is 1. The minimum absolute atomic E-state index is 0.250. The quantitative estimate of drug-likeness (QED) is 0.338. The molecular formula is C32H31FN4O3. The number of hydrogen-bond acceptors (Lipinski definition) is 6. The molecule has 1 saturated heterocycles. The summed E-state index contributed by atoms with van der Waals surface area (Å²) < 4.78 is 19.8. The summed E-state index contributed by atoms with van der Waals surface area (Å²) in [6, 6.07) is 24.5. The van der Waals surface area contributed by atoms with Crippen LogP contribution < -0.4 is 4.90 Å². The third-order valence-corrected chi connectivity index (χ3v) is 7.73. The monoisotopic (exact) mass is 538 g/mol. The first-order valence-corrected chi connectivity index (χ1v) is 13.7. The molecule has 0 bridgehead atoms. The Bertz CT molecular complexity index is 1540. The molecule has 3 heterocycles. The molecule has 2 aliphatic heterocycles. The lowest BCUT2D eigenvalue weighted by molar-refractivity contribution is -0.134. The van der Waals surface area contributed by atoms with Crippen LogP contribution in [0, 0.1) is 5.82 Å². The van der Waals surface area contributed by atoms with Gasteiger partial charge >= 0.3 is 5.97 Å². The molecular weight excluding hydrogens is 507 g/mol. The Morgan fingerprint density at radius 1 is 0.850 bits per heavy atom. The summed E-state index contributed by atoms with van der Waals surface area (Å²) >= 11 is 0. The fourth-order valence-corrected chi connectivity index (χ4v) is 5.65. The van der Waals surface area contributed by atoms with E-state index in [-0.39, 0.29) is 18.3 Å². The lowest BCUT2D eigenvalue weighted by Crippen LogP contribution is -2.50. The summed E-state index contributed by atoms with van der Waals surface area (Å²) in [4.78, 5) is 37.3. The standard InChI is InChI=1S/C32H31FN4O3/c33-26-11-5-7-13-29(26)36-16-18-37(19-17-36)30(38)22-40-32(39)31-24-10-4-6-12-27(24)34-28-14-15-35(21-25(28)31)20-23-8-2-1-3-9-23/h1-13H,14-22H2. The maximum atomic E-state index is 14.2. The average molecular weight is 539 g/mol. The van der Waals surface area contributed by atoms with Crippen molar-refractivity contribution in [1.82, 2.24) is 14.8 Å². The molecule has 0 radical (unpaired) electrons. The number of benzene rings is 3. The lowest BCUT2D eigenvalue weighted by atomic mass is 9.95. The van der Waals surface area contributed by atoms with Gasteiger partial charge in [0.1, 0.15) is 5.82 Å². The fraction of sp³-hybridized carbons (Fsp3) is 0.281. The van der Waals surface area contributed by atoms with Crippen LogP contribution in [-0.2, 0) is 29.0 Å². The van der Waals surface area contributed by atoms with Crippen LogP contribution in [-0.4, -0.2) is 66.0 Å². The second-order valence-electron chi connectivity index (χ2n) is 10.3. The molecule has 1 amide bonds. The van der Waals surface area contributed by atoms with Crippen LogP contribution in [0.5, 0.6) is 0 Å². The van der Waals surface area contributed by atoms with Gasteiger partial charge in [-0.25, -0.2) is 9.18 Å². The van der Waals surface area contributed by atoms with E-state index in [0.717, 1.165) is 41.7 Å². The maximum absolute atomic E-state index is 14.2. The summed E-state index contributed by atoms with van der Waals surface area (Å²) in [6.07, 6.45) is 0.735. The Hall–Kier alpha value is -4.30. The van der Waals surface area contributed by atoms with Crippen molar-refractivity contribution in [2.24, 2.45) is 0 Å². The number of esters is 1. The Kier molecular flexibility index (Phi) is 7.42. The lowest BCUT2D eigenvalue weighted by Gasteiger charge is -2.36. The Morgan fingerprint density at radius 2 is 1.57 bits per heavy atom. The van der Waals surface area contributed by atoms with Crippen LogP contribution in [0.25, 0.3) is 10.9 Å². The van der Waals surface area contributed by atoms with Crippen molar-refractivity contribution >= 4 is 28.5 Å². The first kappa shape index (κ1) is 26.0. The Morgan fingerprint density at radius 3 is 2.38 bits per heavy atom. The number of pyridine rings is 1. The van der Waals surface area contributed by atoms with Gasteiger partial charge < -0.3 is 14.5 Å². The summed E-state index contributed by atoms with van der Waals surface area (Å²) in [6.45, 7) is 3.77. The van der Waals surface area contributed by atoms with Crippen LogP contribution in [0.1, 0.15) is 27.2 Å². The molecule has 0 unspecified atom stereocenters. The van der Waals surface area contributed by atoms with Crippen molar-refractivity contribution in [3.63, 3.8) is 0 Å². The number of carbonyl (C=O) groups is 2. The molecule has 0 spiro atoms. The number of ether oxygens (including phenoxy) is 1. The number of rotatable bonds is 6. The van der Waals surface area contributed by atoms with Gasteiger partial charge in [0, 0.05) is 68.9 Å². The molecule has 3 aromatic carbocycles. The highest BCUT2D eigenvalue weighted by atomic mass is 19.1. The predicted molar refractivity (Wildman–Crippen MR) is 151 cm³/mol. The van der Waals surface area contributed by atoms with E-state index in [0.29, 0.717) is 44.0 Å².